The lowest BCUT2D eigenvalue weighted by Gasteiger charge is -2.32. The third-order valence-corrected chi connectivity index (χ3v) is 4.58. The second-order valence-corrected chi connectivity index (χ2v) is 6.98. The van der Waals surface area contributed by atoms with Crippen LogP contribution in [-0.4, -0.2) is 57.5 Å². The fraction of sp³-hybridized carbons (Fsp3) is 0.526. The summed E-state index contributed by atoms with van der Waals surface area (Å²) in [7, 11) is 1.55. The number of amides is 1. The number of likely N-dealkylation sites (tertiary alicyclic amines) is 1. The Morgan fingerprint density at radius 1 is 1.26 bits per heavy atom. The predicted octanol–water partition coefficient (Wildman–Crippen LogP) is 2.05. The zero-order valence-corrected chi connectivity index (χ0v) is 16.1. The third kappa shape index (κ3) is 5.43. The Bertz CT molecular complexity index is 777. The lowest BCUT2D eigenvalue weighted by molar-refractivity contribution is -0.136. The van der Waals surface area contributed by atoms with Gasteiger partial charge in [0, 0.05) is 43.3 Å². The number of carbonyl (C=O) groups excluding carboxylic acids is 1. The van der Waals surface area contributed by atoms with Crippen molar-refractivity contribution >= 4 is 17.7 Å². The topological polar surface area (TPSA) is 93.1 Å². The molecule has 1 fully saturated rings. The number of hydrogen-bond acceptors (Lipinski definition) is 7. The number of rotatable bonds is 6. The Morgan fingerprint density at radius 2 is 2.04 bits per heavy atom. The van der Waals surface area contributed by atoms with Gasteiger partial charge in [-0.1, -0.05) is 0 Å². The summed E-state index contributed by atoms with van der Waals surface area (Å²) in [5.74, 6) is 1.65. The quantitative estimate of drug-likeness (QED) is 0.832. The van der Waals surface area contributed by atoms with Gasteiger partial charge in [0.2, 0.25) is 11.9 Å². The molecule has 8 nitrogen and oxygen atoms in total. The van der Waals surface area contributed by atoms with Gasteiger partial charge in [0.05, 0.1) is 0 Å². The number of anilines is 2. The summed E-state index contributed by atoms with van der Waals surface area (Å²) in [4.78, 5) is 31.4. The highest BCUT2D eigenvalue weighted by molar-refractivity contribution is 5.77. The molecule has 1 unspecified atom stereocenters. The second-order valence-electron chi connectivity index (χ2n) is 6.98. The van der Waals surface area contributed by atoms with E-state index in [4.69, 9.17) is 4.74 Å². The molecule has 1 aliphatic rings. The number of piperidine rings is 1. The summed E-state index contributed by atoms with van der Waals surface area (Å²) in [5.41, 5.74) is 2.76. The van der Waals surface area contributed by atoms with Crippen molar-refractivity contribution in [1.29, 1.82) is 0 Å². The van der Waals surface area contributed by atoms with E-state index >= 15 is 0 Å². The number of aromatic nitrogens is 4. The van der Waals surface area contributed by atoms with Crippen LogP contribution in [0.15, 0.2) is 18.5 Å². The lowest BCUT2D eigenvalue weighted by atomic mass is 9.93. The molecule has 0 aliphatic carbocycles. The average molecular weight is 370 g/mol. The van der Waals surface area contributed by atoms with Crippen LogP contribution in [0.5, 0.6) is 0 Å². The molecule has 0 radical (unpaired) electrons. The number of aryl methyl sites for hydroxylation is 2. The van der Waals surface area contributed by atoms with Crippen LogP contribution in [0.25, 0.3) is 0 Å². The summed E-state index contributed by atoms with van der Waals surface area (Å²) in [6, 6.07) is 3.85. The van der Waals surface area contributed by atoms with Crippen molar-refractivity contribution in [1.82, 2.24) is 24.8 Å². The van der Waals surface area contributed by atoms with Crippen molar-refractivity contribution in [2.24, 2.45) is 5.92 Å². The molecule has 27 heavy (non-hydrogen) atoms. The SMILES string of the molecule is COCC(=O)N1CCCC(Cc2cc(Nc3nc(C)cc(C)n3)ncn2)C1. The first kappa shape index (κ1) is 19.2. The molecule has 3 heterocycles. The van der Waals surface area contributed by atoms with Crippen LogP contribution in [0.1, 0.15) is 29.9 Å². The minimum atomic E-state index is 0.0548. The van der Waals surface area contributed by atoms with Crippen molar-refractivity contribution in [2.75, 3.05) is 32.1 Å². The molecule has 1 N–H and O–H groups in total. The number of nitrogens with zero attached hydrogens (tertiary/aromatic N) is 5. The normalized spacial score (nSPS) is 17.0. The fourth-order valence-electron chi connectivity index (χ4n) is 3.44. The molecule has 144 valence electrons. The van der Waals surface area contributed by atoms with E-state index in [0.29, 0.717) is 17.7 Å². The minimum Gasteiger partial charge on any atom is -0.375 e. The van der Waals surface area contributed by atoms with Crippen LogP contribution < -0.4 is 5.32 Å². The first-order valence-corrected chi connectivity index (χ1v) is 9.20. The largest absolute Gasteiger partial charge is 0.375 e. The van der Waals surface area contributed by atoms with Gasteiger partial charge in [0.25, 0.3) is 0 Å². The average Bonchev–Trinajstić information content (AvgIpc) is 2.61. The number of ether oxygens (including phenoxy) is 1. The van der Waals surface area contributed by atoms with Crippen molar-refractivity contribution in [2.45, 2.75) is 33.1 Å². The molecular formula is C19H26N6O2. The molecule has 2 aromatic rings. The molecule has 1 aliphatic heterocycles. The maximum atomic E-state index is 12.1. The molecule has 1 amide bonds. The molecule has 1 saturated heterocycles. The summed E-state index contributed by atoms with van der Waals surface area (Å²) < 4.78 is 4.97. The standard InChI is InChI=1S/C19H26N6O2/c1-13-7-14(2)23-19(22-13)24-17-9-16(20-12-21-17)8-15-5-4-6-25(10-15)18(26)11-27-3/h7,9,12,15H,4-6,8,10-11H2,1-3H3,(H,20,21,22,23,24). The number of nitrogens with one attached hydrogen (secondary N) is 1. The van der Waals surface area contributed by atoms with Gasteiger partial charge in [0.15, 0.2) is 0 Å². The van der Waals surface area contributed by atoms with Gasteiger partial charge >= 0.3 is 0 Å². The molecule has 8 heteroatoms. The van der Waals surface area contributed by atoms with Crippen LogP contribution in [0, 0.1) is 19.8 Å². The molecule has 1 atom stereocenters. The first-order valence-electron chi connectivity index (χ1n) is 9.20. The van der Waals surface area contributed by atoms with Crippen molar-refractivity contribution in [3.63, 3.8) is 0 Å². The van der Waals surface area contributed by atoms with Gasteiger partial charge in [0.1, 0.15) is 18.8 Å². The van der Waals surface area contributed by atoms with Crippen molar-refractivity contribution in [3.8, 4) is 0 Å². The van der Waals surface area contributed by atoms with E-state index in [0.717, 1.165) is 49.4 Å². The molecule has 2 aromatic heterocycles. The van der Waals surface area contributed by atoms with Gasteiger partial charge in [-0.15, -0.1) is 0 Å². The molecule has 0 spiro atoms. The number of hydrogen-bond donors (Lipinski definition) is 1. The fourth-order valence-corrected chi connectivity index (χ4v) is 3.44. The second kappa shape index (κ2) is 8.85. The van der Waals surface area contributed by atoms with E-state index in [1.165, 1.54) is 0 Å². The van der Waals surface area contributed by atoms with E-state index < -0.39 is 0 Å². The number of carbonyl (C=O) groups is 1. The third-order valence-electron chi connectivity index (χ3n) is 4.58. The van der Waals surface area contributed by atoms with E-state index in [1.54, 1.807) is 13.4 Å². The summed E-state index contributed by atoms with van der Waals surface area (Å²) in [6.07, 6.45) is 4.45. The van der Waals surface area contributed by atoms with E-state index in [-0.39, 0.29) is 12.5 Å². The highest BCUT2D eigenvalue weighted by Gasteiger charge is 2.24. The summed E-state index contributed by atoms with van der Waals surface area (Å²) in [5, 5.41) is 3.15. The summed E-state index contributed by atoms with van der Waals surface area (Å²) in [6.45, 7) is 5.56. The first-order chi connectivity index (χ1) is 13.0. The van der Waals surface area contributed by atoms with Crippen molar-refractivity contribution < 1.29 is 9.53 Å². The predicted molar refractivity (Wildman–Crippen MR) is 102 cm³/mol. The molecule has 0 saturated carbocycles. The van der Waals surface area contributed by atoms with Crippen LogP contribution in [0.2, 0.25) is 0 Å². The van der Waals surface area contributed by atoms with Crippen LogP contribution >= 0.6 is 0 Å². The molecule has 0 bridgehead atoms. The Hall–Kier alpha value is -2.61. The maximum absolute atomic E-state index is 12.1. The highest BCUT2D eigenvalue weighted by atomic mass is 16.5. The van der Waals surface area contributed by atoms with Crippen molar-refractivity contribution in [3.05, 3.63) is 35.5 Å². The Balaban J connectivity index is 1.64. The van der Waals surface area contributed by atoms with Crippen LogP contribution in [0.3, 0.4) is 0 Å². The minimum absolute atomic E-state index is 0.0548. The Morgan fingerprint density at radius 3 is 2.78 bits per heavy atom. The van der Waals surface area contributed by atoms with E-state index in [2.05, 4.69) is 25.3 Å². The van der Waals surface area contributed by atoms with Gasteiger partial charge in [-0.2, -0.15) is 0 Å². The Labute approximate surface area is 159 Å². The van der Waals surface area contributed by atoms with Gasteiger partial charge < -0.3 is 15.0 Å². The zero-order chi connectivity index (χ0) is 19.2. The molecule has 0 aromatic carbocycles. The molecule has 3 rings (SSSR count). The van der Waals surface area contributed by atoms with Crippen LogP contribution in [0.4, 0.5) is 11.8 Å². The zero-order valence-electron chi connectivity index (χ0n) is 16.1. The van der Waals surface area contributed by atoms with Crippen LogP contribution in [-0.2, 0) is 16.0 Å². The number of methoxy groups -OCH3 is 1. The van der Waals surface area contributed by atoms with Gasteiger partial charge in [-0.25, -0.2) is 19.9 Å². The van der Waals surface area contributed by atoms with E-state index in [9.17, 15) is 4.79 Å². The highest BCUT2D eigenvalue weighted by Crippen LogP contribution is 2.21. The lowest BCUT2D eigenvalue weighted by Crippen LogP contribution is -2.42. The maximum Gasteiger partial charge on any atom is 0.248 e. The van der Waals surface area contributed by atoms with Gasteiger partial charge in [-0.3, -0.25) is 4.79 Å². The monoisotopic (exact) mass is 370 g/mol. The van der Waals surface area contributed by atoms with E-state index in [1.807, 2.05) is 30.9 Å². The Kier molecular flexibility index (Phi) is 6.28. The summed E-state index contributed by atoms with van der Waals surface area (Å²) >= 11 is 0. The molecular weight excluding hydrogens is 344 g/mol. The van der Waals surface area contributed by atoms with Gasteiger partial charge in [-0.05, 0) is 45.1 Å². The smallest absolute Gasteiger partial charge is 0.248 e.